The Labute approximate surface area is 278 Å². The lowest BCUT2D eigenvalue weighted by Gasteiger charge is -2.30. The van der Waals surface area contributed by atoms with Gasteiger partial charge in [0.1, 0.15) is 30.3 Å². The number of aliphatic hydroxyl groups excluding tert-OH is 10. The zero-order chi connectivity index (χ0) is 35.5. The molecule has 0 saturated carbocycles. The van der Waals surface area contributed by atoms with Gasteiger partial charge >= 0.3 is 5.97 Å². The molecule has 0 aromatic carbocycles. The average molecular weight is 671 g/mol. The van der Waals surface area contributed by atoms with Crippen molar-refractivity contribution in [2.75, 3.05) is 0 Å². The average Bonchev–Trinajstić information content (AvgIpc) is 2.98. The zero-order valence-corrected chi connectivity index (χ0v) is 27.8. The molecular formula is C35H58O12. The molecule has 47 heavy (non-hydrogen) atoms. The quantitative estimate of drug-likeness (QED) is 0.145. The summed E-state index contributed by atoms with van der Waals surface area (Å²) >= 11 is 0. The summed E-state index contributed by atoms with van der Waals surface area (Å²) in [7, 11) is 0. The monoisotopic (exact) mass is 670 g/mol. The predicted octanol–water partition coefficient (Wildman–Crippen LogP) is 0.859. The standard InChI is InChI=1S/C35H58O12/c1-4-5-11-16-29(41)32-30(42)20-26(38)18-24(36)17-25(37)19-27(39)21-31(43)34(45)33(44)22(2)14-12-9-7-6-8-10-13-15-28(40)23(3)47-35(32)46/h6-10,12-15,23-34,36-45H,4-5,11,16-21H2,1-3H3/b7-6-,10-8-,12-9-,15-13-,22-14-. The second kappa shape index (κ2) is 23.2. The van der Waals surface area contributed by atoms with E-state index in [0.717, 1.165) is 12.8 Å². The van der Waals surface area contributed by atoms with Gasteiger partial charge in [0.2, 0.25) is 0 Å². The molecule has 0 spiro atoms. The van der Waals surface area contributed by atoms with Crippen LogP contribution < -0.4 is 0 Å². The number of unbranched alkanes of at least 4 members (excludes halogenated alkanes) is 2. The van der Waals surface area contributed by atoms with E-state index in [9.17, 15) is 55.9 Å². The van der Waals surface area contributed by atoms with Crippen molar-refractivity contribution >= 4 is 5.97 Å². The van der Waals surface area contributed by atoms with Gasteiger partial charge in [-0.15, -0.1) is 0 Å². The van der Waals surface area contributed by atoms with Gasteiger partial charge < -0.3 is 55.8 Å². The second-order valence-electron chi connectivity index (χ2n) is 12.5. The SMILES string of the molecule is CCCCCC(O)C1C(=O)OC(C)C(O)\C=C/C=C\C=C/C=C\C=C(\C)C(O)C(O)C(O)CC(O)CC(O)CC(O)CC(O)CC1O. The summed E-state index contributed by atoms with van der Waals surface area (Å²) in [5.41, 5.74) is 0.357. The highest BCUT2D eigenvalue weighted by Crippen LogP contribution is 2.24. The van der Waals surface area contributed by atoms with Crippen LogP contribution in [0.25, 0.3) is 0 Å². The van der Waals surface area contributed by atoms with Crippen molar-refractivity contribution in [1.29, 1.82) is 0 Å². The molecule has 0 fully saturated rings. The van der Waals surface area contributed by atoms with Crippen molar-refractivity contribution in [2.45, 2.75) is 146 Å². The van der Waals surface area contributed by atoms with Crippen molar-refractivity contribution in [2.24, 2.45) is 5.92 Å². The maximum atomic E-state index is 13.1. The van der Waals surface area contributed by atoms with Crippen LogP contribution in [0, 0.1) is 5.92 Å². The number of hydrogen-bond acceptors (Lipinski definition) is 12. The van der Waals surface area contributed by atoms with Crippen LogP contribution in [0.15, 0.2) is 60.3 Å². The van der Waals surface area contributed by atoms with Gasteiger partial charge in [0.15, 0.2) is 0 Å². The maximum absolute atomic E-state index is 13.1. The molecule has 0 radical (unpaired) electrons. The molecule has 1 heterocycles. The molecule has 0 aromatic rings. The van der Waals surface area contributed by atoms with Crippen molar-refractivity contribution in [3.05, 3.63) is 60.3 Å². The van der Waals surface area contributed by atoms with E-state index in [1.165, 1.54) is 13.0 Å². The van der Waals surface area contributed by atoms with E-state index in [-0.39, 0.29) is 32.1 Å². The molecular weight excluding hydrogens is 612 g/mol. The van der Waals surface area contributed by atoms with Gasteiger partial charge in [0.05, 0.1) is 42.7 Å². The molecule has 270 valence electrons. The van der Waals surface area contributed by atoms with Gasteiger partial charge in [0, 0.05) is 12.8 Å². The normalized spacial score (nSPS) is 39.6. The lowest BCUT2D eigenvalue weighted by atomic mass is 9.87. The van der Waals surface area contributed by atoms with Crippen LogP contribution in [0.3, 0.4) is 0 Å². The lowest BCUT2D eigenvalue weighted by molar-refractivity contribution is -0.168. The van der Waals surface area contributed by atoms with Gasteiger partial charge in [-0.1, -0.05) is 80.9 Å². The Morgan fingerprint density at radius 3 is 1.77 bits per heavy atom. The van der Waals surface area contributed by atoms with Gasteiger partial charge in [-0.3, -0.25) is 4.79 Å². The summed E-state index contributed by atoms with van der Waals surface area (Å²) in [6.07, 6.45) is 0.559. The first-order valence-electron chi connectivity index (χ1n) is 16.5. The smallest absolute Gasteiger partial charge is 0.314 e. The number of aliphatic hydroxyl groups is 10. The van der Waals surface area contributed by atoms with Crippen LogP contribution in [-0.2, 0) is 9.53 Å². The minimum atomic E-state index is -1.61. The Morgan fingerprint density at radius 1 is 0.723 bits per heavy atom. The molecule has 12 atom stereocenters. The van der Waals surface area contributed by atoms with Crippen LogP contribution in [0.1, 0.15) is 78.6 Å². The number of allylic oxidation sites excluding steroid dienone is 8. The minimum Gasteiger partial charge on any atom is -0.459 e. The first-order valence-corrected chi connectivity index (χ1v) is 16.5. The Hall–Kier alpha value is -2.23. The number of rotatable bonds is 5. The molecule has 12 unspecified atom stereocenters. The van der Waals surface area contributed by atoms with E-state index in [4.69, 9.17) is 4.74 Å². The molecule has 1 aliphatic heterocycles. The largest absolute Gasteiger partial charge is 0.459 e. The Morgan fingerprint density at radius 2 is 1.21 bits per heavy atom. The molecule has 10 N–H and O–H groups in total. The van der Waals surface area contributed by atoms with E-state index in [0.29, 0.717) is 12.0 Å². The molecule has 12 nitrogen and oxygen atoms in total. The molecule has 0 bridgehead atoms. The Bertz CT molecular complexity index is 1020. The first kappa shape index (κ1) is 42.8. The third-order valence-electron chi connectivity index (χ3n) is 8.17. The van der Waals surface area contributed by atoms with E-state index in [1.807, 2.05) is 6.92 Å². The molecule has 1 aliphatic rings. The van der Waals surface area contributed by atoms with E-state index >= 15 is 0 Å². The minimum absolute atomic E-state index is 0.197. The summed E-state index contributed by atoms with van der Waals surface area (Å²) in [5, 5.41) is 105. The summed E-state index contributed by atoms with van der Waals surface area (Å²) < 4.78 is 5.41. The van der Waals surface area contributed by atoms with Gasteiger partial charge in [-0.2, -0.15) is 0 Å². The highest BCUT2D eigenvalue weighted by molar-refractivity contribution is 5.74. The van der Waals surface area contributed by atoms with Crippen molar-refractivity contribution in [3.8, 4) is 0 Å². The van der Waals surface area contributed by atoms with Crippen LogP contribution in [0.4, 0.5) is 0 Å². The number of carbonyl (C=O) groups is 1. The Kier molecular flexibility index (Phi) is 21.1. The highest BCUT2D eigenvalue weighted by atomic mass is 16.6. The molecule has 0 aromatic heterocycles. The maximum Gasteiger partial charge on any atom is 0.314 e. The molecule has 0 aliphatic carbocycles. The molecule has 12 heteroatoms. The third kappa shape index (κ3) is 17.1. The van der Waals surface area contributed by atoms with Gasteiger partial charge in [-0.25, -0.2) is 0 Å². The number of esters is 1. The topological polar surface area (TPSA) is 229 Å². The number of cyclic esters (lactones) is 1. The predicted molar refractivity (Wildman–Crippen MR) is 177 cm³/mol. The Balaban J connectivity index is 3.19. The van der Waals surface area contributed by atoms with Gasteiger partial charge in [0.25, 0.3) is 0 Å². The fourth-order valence-electron chi connectivity index (χ4n) is 5.30. The zero-order valence-electron chi connectivity index (χ0n) is 27.8. The first-order chi connectivity index (χ1) is 22.2. The molecule has 1 rings (SSSR count). The summed E-state index contributed by atoms with van der Waals surface area (Å²) in [6.45, 7) is 5.00. The fourth-order valence-corrected chi connectivity index (χ4v) is 5.30. The number of carbonyl (C=O) groups excluding carboxylic acids is 1. The number of hydrogen-bond donors (Lipinski definition) is 10. The summed E-state index contributed by atoms with van der Waals surface area (Å²) in [4.78, 5) is 13.1. The fraction of sp³-hybridized carbons (Fsp3) is 0.686. The summed E-state index contributed by atoms with van der Waals surface area (Å²) in [5.74, 6) is -2.37. The van der Waals surface area contributed by atoms with Crippen LogP contribution >= 0.6 is 0 Å². The molecule has 0 saturated heterocycles. The van der Waals surface area contributed by atoms with Crippen molar-refractivity contribution < 1.29 is 60.6 Å². The van der Waals surface area contributed by atoms with Gasteiger partial charge in [-0.05, 0) is 45.1 Å². The van der Waals surface area contributed by atoms with E-state index < -0.39 is 85.5 Å². The van der Waals surface area contributed by atoms with Crippen LogP contribution in [0.5, 0.6) is 0 Å². The number of ether oxygens (including phenoxy) is 1. The third-order valence-corrected chi connectivity index (χ3v) is 8.17. The van der Waals surface area contributed by atoms with Crippen LogP contribution in [-0.4, -0.2) is 124 Å². The van der Waals surface area contributed by atoms with Crippen molar-refractivity contribution in [3.63, 3.8) is 0 Å². The highest BCUT2D eigenvalue weighted by Gasteiger charge is 2.37. The lowest BCUT2D eigenvalue weighted by Crippen LogP contribution is -2.43. The van der Waals surface area contributed by atoms with E-state index in [1.54, 1.807) is 55.5 Å². The van der Waals surface area contributed by atoms with Crippen LogP contribution in [0.2, 0.25) is 0 Å². The van der Waals surface area contributed by atoms with E-state index in [2.05, 4.69) is 0 Å². The molecule has 0 amide bonds. The van der Waals surface area contributed by atoms with Crippen molar-refractivity contribution in [1.82, 2.24) is 0 Å². The summed E-state index contributed by atoms with van der Waals surface area (Å²) in [6, 6.07) is 0. The second-order valence-corrected chi connectivity index (χ2v) is 12.5.